The van der Waals surface area contributed by atoms with Crippen molar-refractivity contribution in [1.82, 2.24) is 0 Å². The van der Waals surface area contributed by atoms with Crippen LogP contribution in [0.1, 0.15) is 33.4 Å². The summed E-state index contributed by atoms with van der Waals surface area (Å²) in [5.41, 5.74) is 0.737. The molecule has 0 aliphatic carbocycles. The van der Waals surface area contributed by atoms with E-state index in [9.17, 15) is 23.1 Å². The second kappa shape index (κ2) is 8.01. The first-order valence-corrected chi connectivity index (χ1v) is 11.2. The minimum absolute atomic E-state index is 0.150. The fourth-order valence-corrected chi connectivity index (χ4v) is 4.70. The van der Waals surface area contributed by atoms with Crippen molar-refractivity contribution in [2.45, 2.75) is 18.7 Å². The third-order valence-electron chi connectivity index (χ3n) is 4.99. The second-order valence-electron chi connectivity index (χ2n) is 7.04. The summed E-state index contributed by atoms with van der Waals surface area (Å²) in [5, 5.41) is 10.8. The monoisotopic (exact) mass is 453 g/mol. The Morgan fingerprint density at radius 2 is 1.75 bits per heavy atom. The SMILES string of the molecule is CCOC(=O)c1c(C)oc2c1cc(NS(=O)(=O)c1cccc(C(=O)O)c1)c1ccccc12. The van der Waals surface area contributed by atoms with Crippen LogP contribution in [0.25, 0.3) is 21.7 Å². The number of furan rings is 1. The Morgan fingerprint density at radius 1 is 1.03 bits per heavy atom. The van der Waals surface area contributed by atoms with Crippen molar-refractivity contribution in [3.8, 4) is 0 Å². The standard InChI is InChI=1S/C23H19NO7S/c1-3-30-23(27)20-13(2)31-21-17-10-5-4-9-16(17)19(12-18(20)21)24-32(28,29)15-8-6-7-14(11-15)22(25)26/h4-12,24H,3H2,1-2H3,(H,25,26). The Balaban J connectivity index is 1.92. The number of carbonyl (C=O) groups excluding carboxylic acids is 1. The number of fused-ring (bicyclic) bond motifs is 3. The predicted molar refractivity (Wildman–Crippen MR) is 119 cm³/mol. The molecule has 0 spiro atoms. The van der Waals surface area contributed by atoms with E-state index in [1.165, 1.54) is 24.3 Å². The lowest BCUT2D eigenvalue weighted by atomic mass is 10.0. The maximum absolute atomic E-state index is 13.1. The van der Waals surface area contributed by atoms with E-state index in [0.29, 0.717) is 27.5 Å². The normalized spacial score (nSPS) is 11.6. The van der Waals surface area contributed by atoms with Crippen LogP contribution in [0.3, 0.4) is 0 Å². The fourth-order valence-electron chi connectivity index (χ4n) is 3.58. The molecule has 0 unspecified atom stereocenters. The number of carboxylic acids is 1. The largest absolute Gasteiger partial charge is 0.478 e. The highest BCUT2D eigenvalue weighted by Gasteiger charge is 2.24. The van der Waals surface area contributed by atoms with Gasteiger partial charge in [0.1, 0.15) is 16.9 Å². The highest BCUT2D eigenvalue weighted by molar-refractivity contribution is 7.92. The van der Waals surface area contributed by atoms with E-state index in [4.69, 9.17) is 9.15 Å². The molecule has 1 aromatic heterocycles. The van der Waals surface area contributed by atoms with Crippen molar-refractivity contribution in [2.75, 3.05) is 11.3 Å². The number of ether oxygens (including phenoxy) is 1. The van der Waals surface area contributed by atoms with Gasteiger partial charge in [-0.3, -0.25) is 4.72 Å². The Hall–Kier alpha value is -3.85. The van der Waals surface area contributed by atoms with Gasteiger partial charge in [-0.25, -0.2) is 18.0 Å². The first-order valence-electron chi connectivity index (χ1n) is 9.71. The lowest BCUT2D eigenvalue weighted by molar-refractivity contribution is 0.0526. The summed E-state index contributed by atoms with van der Waals surface area (Å²) in [6, 6.07) is 13.6. The summed E-state index contributed by atoms with van der Waals surface area (Å²) in [7, 11) is -4.13. The van der Waals surface area contributed by atoms with Crippen molar-refractivity contribution in [3.63, 3.8) is 0 Å². The van der Waals surface area contributed by atoms with E-state index >= 15 is 0 Å². The number of carboxylic acid groups (broad SMARTS) is 1. The van der Waals surface area contributed by atoms with Crippen LogP contribution in [-0.2, 0) is 14.8 Å². The van der Waals surface area contributed by atoms with Crippen LogP contribution < -0.4 is 4.72 Å². The maximum atomic E-state index is 13.1. The number of benzene rings is 3. The van der Waals surface area contributed by atoms with Crippen LogP contribution in [0.5, 0.6) is 0 Å². The molecule has 3 aromatic carbocycles. The molecule has 4 aromatic rings. The molecule has 4 rings (SSSR count). The molecule has 8 nitrogen and oxygen atoms in total. The average Bonchev–Trinajstić information content (AvgIpc) is 3.10. The molecule has 164 valence electrons. The minimum atomic E-state index is -4.13. The van der Waals surface area contributed by atoms with Crippen molar-refractivity contribution in [2.24, 2.45) is 0 Å². The molecular weight excluding hydrogens is 434 g/mol. The van der Waals surface area contributed by atoms with Gasteiger partial charge in [-0.05, 0) is 38.1 Å². The van der Waals surface area contributed by atoms with Gasteiger partial charge in [0.25, 0.3) is 10.0 Å². The predicted octanol–water partition coefficient (Wildman–Crippen LogP) is 4.57. The number of rotatable bonds is 6. The number of hydrogen-bond donors (Lipinski definition) is 2. The van der Waals surface area contributed by atoms with Crippen molar-refractivity contribution in [1.29, 1.82) is 0 Å². The van der Waals surface area contributed by atoms with Gasteiger partial charge < -0.3 is 14.3 Å². The molecule has 0 atom stereocenters. The lowest BCUT2D eigenvalue weighted by Crippen LogP contribution is -2.14. The average molecular weight is 453 g/mol. The number of hydrogen-bond acceptors (Lipinski definition) is 6. The molecule has 32 heavy (non-hydrogen) atoms. The maximum Gasteiger partial charge on any atom is 0.342 e. The van der Waals surface area contributed by atoms with Gasteiger partial charge in [0, 0.05) is 16.2 Å². The number of anilines is 1. The molecule has 0 saturated carbocycles. The summed E-state index contributed by atoms with van der Waals surface area (Å²) < 4.78 is 39.6. The molecule has 0 bridgehead atoms. The highest BCUT2D eigenvalue weighted by Crippen LogP contribution is 2.37. The van der Waals surface area contributed by atoms with E-state index in [1.54, 1.807) is 38.1 Å². The number of sulfonamides is 1. The molecule has 0 fully saturated rings. The number of nitrogens with one attached hydrogen (secondary N) is 1. The van der Waals surface area contributed by atoms with E-state index < -0.39 is 22.0 Å². The zero-order valence-corrected chi connectivity index (χ0v) is 18.0. The van der Waals surface area contributed by atoms with Gasteiger partial charge in [-0.15, -0.1) is 0 Å². The van der Waals surface area contributed by atoms with E-state index in [0.717, 1.165) is 6.07 Å². The molecule has 0 radical (unpaired) electrons. The summed E-state index contributed by atoms with van der Waals surface area (Å²) >= 11 is 0. The van der Waals surface area contributed by atoms with E-state index in [2.05, 4.69) is 4.72 Å². The van der Waals surface area contributed by atoms with Gasteiger partial charge >= 0.3 is 11.9 Å². The number of aryl methyl sites for hydroxylation is 1. The van der Waals surface area contributed by atoms with Gasteiger partial charge in [-0.1, -0.05) is 30.3 Å². The summed E-state index contributed by atoms with van der Waals surface area (Å²) in [4.78, 5) is 23.6. The first kappa shape index (κ1) is 21.4. The Labute approximate surface area is 183 Å². The zero-order chi connectivity index (χ0) is 23.0. The summed E-state index contributed by atoms with van der Waals surface area (Å²) in [6.07, 6.45) is 0. The molecule has 0 amide bonds. The van der Waals surface area contributed by atoms with Crippen LogP contribution in [0.2, 0.25) is 0 Å². The topological polar surface area (TPSA) is 123 Å². The van der Waals surface area contributed by atoms with Gasteiger partial charge in [0.15, 0.2) is 0 Å². The van der Waals surface area contributed by atoms with Crippen LogP contribution in [0.15, 0.2) is 63.9 Å². The second-order valence-corrected chi connectivity index (χ2v) is 8.72. The van der Waals surface area contributed by atoms with Gasteiger partial charge in [0.2, 0.25) is 0 Å². The lowest BCUT2D eigenvalue weighted by Gasteiger charge is -2.12. The molecule has 9 heteroatoms. The third kappa shape index (κ3) is 3.67. The molecule has 0 saturated heterocycles. The van der Waals surface area contributed by atoms with Crippen LogP contribution >= 0.6 is 0 Å². The molecular formula is C23H19NO7S. The smallest absolute Gasteiger partial charge is 0.342 e. The Morgan fingerprint density at radius 3 is 2.44 bits per heavy atom. The van der Waals surface area contributed by atoms with Crippen molar-refractivity contribution >= 4 is 49.4 Å². The molecule has 0 aliphatic rings. The zero-order valence-electron chi connectivity index (χ0n) is 17.2. The fraction of sp³-hybridized carbons (Fsp3) is 0.130. The van der Waals surface area contributed by atoms with Gasteiger partial charge in [-0.2, -0.15) is 0 Å². The first-order chi connectivity index (χ1) is 15.2. The quantitative estimate of drug-likeness (QED) is 0.410. The van der Waals surface area contributed by atoms with Gasteiger partial charge in [0.05, 0.1) is 22.8 Å². The van der Waals surface area contributed by atoms with Crippen molar-refractivity contribution in [3.05, 3.63) is 71.5 Å². The number of esters is 1. The molecule has 2 N–H and O–H groups in total. The third-order valence-corrected chi connectivity index (χ3v) is 6.35. The minimum Gasteiger partial charge on any atom is -0.478 e. The van der Waals surface area contributed by atoms with E-state index in [1.807, 2.05) is 0 Å². The van der Waals surface area contributed by atoms with E-state index in [-0.39, 0.29) is 28.3 Å². The molecule has 0 aliphatic heterocycles. The number of aromatic carboxylic acids is 1. The van der Waals surface area contributed by atoms with Crippen molar-refractivity contribution < 1.29 is 32.3 Å². The van der Waals surface area contributed by atoms with Crippen LogP contribution in [0, 0.1) is 6.92 Å². The summed E-state index contributed by atoms with van der Waals surface area (Å²) in [5.74, 6) is -1.44. The number of carbonyl (C=O) groups is 2. The van der Waals surface area contributed by atoms with Crippen LogP contribution in [0.4, 0.5) is 5.69 Å². The Bertz CT molecular complexity index is 1490. The Kier molecular flexibility index (Phi) is 5.35. The highest BCUT2D eigenvalue weighted by atomic mass is 32.2. The summed E-state index contributed by atoms with van der Waals surface area (Å²) in [6.45, 7) is 3.51. The van der Waals surface area contributed by atoms with Crippen LogP contribution in [-0.4, -0.2) is 32.1 Å². The molecule has 1 heterocycles.